The Hall–Kier alpha value is -1.09. The van der Waals surface area contributed by atoms with Crippen LogP contribution in [0.2, 0.25) is 5.15 Å². The molecule has 0 unspecified atom stereocenters. The zero-order valence-corrected chi connectivity index (χ0v) is 9.14. The Morgan fingerprint density at radius 1 is 1.36 bits per heavy atom. The summed E-state index contributed by atoms with van der Waals surface area (Å²) in [7, 11) is 0. The van der Waals surface area contributed by atoms with Gasteiger partial charge in [0.15, 0.2) is 5.15 Å². The van der Waals surface area contributed by atoms with E-state index in [0.29, 0.717) is 17.6 Å². The first-order valence-electron chi connectivity index (χ1n) is 4.40. The van der Waals surface area contributed by atoms with Gasteiger partial charge in [-0.05, 0) is 25.8 Å². The fourth-order valence-electron chi connectivity index (χ4n) is 0.930. The van der Waals surface area contributed by atoms with Crippen molar-refractivity contribution < 1.29 is 4.74 Å². The molecule has 14 heavy (non-hydrogen) atoms. The second-order valence-corrected chi connectivity index (χ2v) is 3.33. The van der Waals surface area contributed by atoms with E-state index >= 15 is 0 Å². The lowest BCUT2D eigenvalue weighted by atomic mass is 10.2. The number of halogens is 1. The fraction of sp³-hybridized carbons (Fsp3) is 0.400. The van der Waals surface area contributed by atoms with Gasteiger partial charge in [-0.1, -0.05) is 17.7 Å². The van der Waals surface area contributed by atoms with E-state index in [1.165, 1.54) is 0 Å². The Morgan fingerprint density at radius 2 is 2.07 bits per heavy atom. The molecule has 0 fully saturated rings. The minimum absolute atomic E-state index is 0.429. The van der Waals surface area contributed by atoms with Crippen LogP contribution in [0.1, 0.15) is 17.5 Å². The molecule has 0 atom stereocenters. The Morgan fingerprint density at radius 3 is 2.71 bits per heavy atom. The molecule has 1 rings (SSSR count). The van der Waals surface area contributed by atoms with E-state index in [1.807, 2.05) is 13.8 Å². The summed E-state index contributed by atoms with van der Waals surface area (Å²) in [5.41, 5.74) is 1.85. The maximum Gasteiger partial charge on any atom is 0.236 e. The van der Waals surface area contributed by atoms with Gasteiger partial charge in [0, 0.05) is 5.56 Å². The summed E-state index contributed by atoms with van der Waals surface area (Å²) >= 11 is 5.80. The van der Waals surface area contributed by atoms with E-state index < -0.39 is 0 Å². The first kappa shape index (κ1) is 11.0. The summed E-state index contributed by atoms with van der Waals surface area (Å²) in [4.78, 5) is 0. The molecule has 0 aliphatic rings. The van der Waals surface area contributed by atoms with Crippen LogP contribution in [-0.2, 0) is 0 Å². The fourth-order valence-corrected chi connectivity index (χ4v) is 1.11. The topological polar surface area (TPSA) is 35.0 Å². The van der Waals surface area contributed by atoms with Crippen molar-refractivity contribution in [3.05, 3.63) is 28.9 Å². The number of hydrogen-bond donors (Lipinski definition) is 0. The first-order chi connectivity index (χ1) is 6.66. The van der Waals surface area contributed by atoms with Crippen LogP contribution >= 0.6 is 11.6 Å². The van der Waals surface area contributed by atoms with Gasteiger partial charge in [-0.2, -0.15) is 0 Å². The molecule has 0 amide bonds. The molecule has 0 saturated heterocycles. The molecular weight excluding hydrogens is 200 g/mol. The van der Waals surface area contributed by atoms with Crippen LogP contribution in [0.25, 0.3) is 0 Å². The van der Waals surface area contributed by atoms with Crippen molar-refractivity contribution >= 4 is 11.6 Å². The SMILES string of the molecule is C=CCCOc1nnc(Cl)c(C)c1C. The predicted molar refractivity (Wildman–Crippen MR) is 56.8 cm³/mol. The number of nitrogens with zero attached hydrogens (tertiary/aromatic N) is 2. The van der Waals surface area contributed by atoms with Gasteiger partial charge in [0.2, 0.25) is 5.88 Å². The largest absolute Gasteiger partial charge is 0.476 e. The molecule has 1 aromatic rings. The molecule has 1 aromatic heterocycles. The third-order valence-electron chi connectivity index (χ3n) is 1.98. The van der Waals surface area contributed by atoms with Crippen LogP contribution in [0.3, 0.4) is 0 Å². The average Bonchev–Trinajstić information content (AvgIpc) is 2.18. The molecule has 0 saturated carbocycles. The van der Waals surface area contributed by atoms with Crippen molar-refractivity contribution in [1.82, 2.24) is 10.2 Å². The van der Waals surface area contributed by atoms with E-state index in [0.717, 1.165) is 17.5 Å². The van der Waals surface area contributed by atoms with Crippen LogP contribution in [-0.4, -0.2) is 16.8 Å². The molecule has 0 bridgehead atoms. The highest BCUT2D eigenvalue weighted by atomic mass is 35.5. The second kappa shape index (κ2) is 4.96. The van der Waals surface area contributed by atoms with Gasteiger partial charge in [0.05, 0.1) is 6.61 Å². The molecular formula is C10H13ClN2O. The lowest BCUT2D eigenvalue weighted by Gasteiger charge is -2.08. The van der Waals surface area contributed by atoms with E-state index in [9.17, 15) is 0 Å². The van der Waals surface area contributed by atoms with Gasteiger partial charge in [-0.3, -0.25) is 0 Å². The minimum Gasteiger partial charge on any atom is -0.476 e. The Kier molecular flexibility index (Phi) is 3.89. The van der Waals surface area contributed by atoms with Crippen molar-refractivity contribution in [3.8, 4) is 5.88 Å². The van der Waals surface area contributed by atoms with Crippen molar-refractivity contribution in [2.24, 2.45) is 0 Å². The quantitative estimate of drug-likeness (QED) is 0.569. The monoisotopic (exact) mass is 212 g/mol. The summed E-state index contributed by atoms with van der Waals surface area (Å²) in [6, 6.07) is 0. The summed E-state index contributed by atoms with van der Waals surface area (Å²) in [6.45, 7) is 7.99. The zero-order valence-electron chi connectivity index (χ0n) is 8.38. The van der Waals surface area contributed by atoms with Gasteiger partial charge in [0.25, 0.3) is 0 Å². The van der Waals surface area contributed by atoms with Gasteiger partial charge < -0.3 is 4.74 Å². The van der Waals surface area contributed by atoms with Crippen LogP contribution in [0, 0.1) is 13.8 Å². The number of aromatic nitrogens is 2. The van der Waals surface area contributed by atoms with Crippen LogP contribution in [0.4, 0.5) is 0 Å². The molecule has 3 nitrogen and oxygen atoms in total. The van der Waals surface area contributed by atoms with E-state index in [4.69, 9.17) is 16.3 Å². The third kappa shape index (κ3) is 2.45. The first-order valence-corrected chi connectivity index (χ1v) is 4.77. The van der Waals surface area contributed by atoms with E-state index in [-0.39, 0.29) is 0 Å². The highest BCUT2D eigenvalue weighted by Crippen LogP contribution is 2.22. The van der Waals surface area contributed by atoms with Crippen LogP contribution < -0.4 is 4.74 Å². The van der Waals surface area contributed by atoms with Crippen LogP contribution in [0.15, 0.2) is 12.7 Å². The minimum atomic E-state index is 0.429. The van der Waals surface area contributed by atoms with E-state index in [1.54, 1.807) is 6.08 Å². The molecule has 0 N–H and O–H groups in total. The zero-order chi connectivity index (χ0) is 10.6. The molecule has 1 heterocycles. The van der Waals surface area contributed by atoms with Gasteiger partial charge >= 0.3 is 0 Å². The molecule has 76 valence electrons. The van der Waals surface area contributed by atoms with Crippen molar-refractivity contribution in [2.45, 2.75) is 20.3 Å². The average molecular weight is 213 g/mol. The summed E-state index contributed by atoms with van der Waals surface area (Å²) < 4.78 is 5.41. The molecule has 0 aromatic carbocycles. The Balaban J connectivity index is 2.78. The summed E-state index contributed by atoms with van der Waals surface area (Å²) in [6.07, 6.45) is 2.59. The highest BCUT2D eigenvalue weighted by Gasteiger charge is 2.08. The Labute approximate surface area is 88.8 Å². The maximum atomic E-state index is 5.80. The molecule has 0 spiro atoms. The van der Waals surface area contributed by atoms with Gasteiger partial charge in [-0.15, -0.1) is 16.8 Å². The van der Waals surface area contributed by atoms with Gasteiger partial charge in [-0.25, -0.2) is 0 Å². The van der Waals surface area contributed by atoms with E-state index in [2.05, 4.69) is 16.8 Å². The lowest BCUT2D eigenvalue weighted by Crippen LogP contribution is -2.03. The highest BCUT2D eigenvalue weighted by molar-refractivity contribution is 6.30. The number of hydrogen-bond acceptors (Lipinski definition) is 3. The number of rotatable bonds is 4. The lowest BCUT2D eigenvalue weighted by molar-refractivity contribution is 0.306. The van der Waals surface area contributed by atoms with Crippen molar-refractivity contribution in [3.63, 3.8) is 0 Å². The van der Waals surface area contributed by atoms with Crippen molar-refractivity contribution in [2.75, 3.05) is 6.61 Å². The summed E-state index contributed by atoms with van der Waals surface area (Å²) in [5, 5.41) is 8.08. The van der Waals surface area contributed by atoms with Gasteiger partial charge in [0.1, 0.15) is 0 Å². The molecule has 4 heteroatoms. The normalized spacial score (nSPS) is 9.93. The second-order valence-electron chi connectivity index (χ2n) is 2.97. The summed E-state index contributed by atoms with van der Waals surface area (Å²) in [5.74, 6) is 0.550. The van der Waals surface area contributed by atoms with Crippen LogP contribution in [0.5, 0.6) is 5.88 Å². The van der Waals surface area contributed by atoms with Crippen molar-refractivity contribution in [1.29, 1.82) is 0 Å². The third-order valence-corrected chi connectivity index (χ3v) is 2.34. The maximum absolute atomic E-state index is 5.80. The standard InChI is InChI=1S/C10H13ClN2O/c1-4-5-6-14-10-8(3)7(2)9(11)12-13-10/h4H,1,5-6H2,2-3H3. The molecule has 0 radical (unpaired) electrons. The predicted octanol–water partition coefficient (Wildman–Crippen LogP) is 2.70. The molecule has 0 aliphatic carbocycles. The number of ether oxygens (including phenoxy) is 1. The Bertz CT molecular complexity index is 339. The molecule has 0 aliphatic heterocycles. The smallest absolute Gasteiger partial charge is 0.236 e.